The quantitative estimate of drug-likeness (QED) is 0.243. The number of hydrogen-bond acceptors (Lipinski definition) is 4. The molecule has 1 saturated carbocycles. The van der Waals surface area contributed by atoms with E-state index < -0.39 is 0 Å². The van der Waals surface area contributed by atoms with Crippen molar-refractivity contribution in [3.8, 4) is 11.5 Å². The predicted molar refractivity (Wildman–Crippen MR) is 116 cm³/mol. The van der Waals surface area contributed by atoms with E-state index in [9.17, 15) is 0 Å². The molecule has 0 spiro atoms. The molecule has 0 aromatic heterocycles. The molecular formula is C19H32IN3O3. The fraction of sp³-hybridized carbons (Fsp3) is 0.632. The van der Waals surface area contributed by atoms with Crippen molar-refractivity contribution in [3.05, 3.63) is 24.3 Å². The summed E-state index contributed by atoms with van der Waals surface area (Å²) in [4.78, 5) is 6.39. The highest BCUT2D eigenvalue weighted by molar-refractivity contribution is 14.0. The third kappa shape index (κ3) is 7.99. The van der Waals surface area contributed by atoms with Crippen molar-refractivity contribution in [1.82, 2.24) is 10.2 Å². The minimum Gasteiger partial charge on any atom is -0.493 e. The molecule has 2 rings (SSSR count). The Labute approximate surface area is 174 Å². The maximum absolute atomic E-state index is 5.96. The summed E-state index contributed by atoms with van der Waals surface area (Å²) >= 11 is 0. The average Bonchev–Trinajstić information content (AvgIpc) is 3.44. The van der Waals surface area contributed by atoms with Gasteiger partial charge in [-0.2, -0.15) is 0 Å². The maximum atomic E-state index is 5.96. The molecule has 1 aliphatic carbocycles. The van der Waals surface area contributed by atoms with Crippen LogP contribution in [-0.2, 0) is 4.74 Å². The second-order valence-electron chi connectivity index (χ2n) is 6.45. The summed E-state index contributed by atoms with van der Waals surface area (Å²) in [7, 11) is 5.45. The van der Waals surface area contributed by atoms with Crippen molar-refractivity contribution in [3.63, 3.8) is 0 Å². The van der Waals surface area contributed by atoms with Crippen molar-refractivity contribution >= 4 is 29.9 Å². The summed E-state index contributed by atoms with van der Waals surface area (Å²) < 4.78 is 17.0. The van der Waals surface area contributed by atoms with Crippen LogP contribution in [0.3, 0.4) is 0 Å². The Kier molecular flexibility index (Phi) is 10.7. The minimum atomic E-state index is -0.0208. The first-order chi connectivity index (χ1) is 12.1. The standard InChI is InChI=1S/C19H31N3O3.HI/c1-15(25-18-8-6-5-7-17(18)23-4)13-21-19(20-2)22(3)11-12-24-14-16-9-10-16;/h5-8,15-16H,9-14H2,1-4H3,(H,20,21);1H. The number of nitrogens with zero attached hydrogens (tertiary/aromatic N) is 2. The number of likely N-dealkylation sites (N-methyl/N-ethyl adjacent to an activating group) is 1. The van der Waals surface area contributed by atoms with Crippen LogP contribution in [-0.4, -0.2) is 64.5 Å². The molecule has 1 atom stereocenters. The van der Waals surface area contributed by atoms with Crippen LogP contribution in [0.25, 0.3) is 0 Å². The van der Waals surface area contributed by atoms with E-state index in [-0.39, 0.29) is 30.1 Å². The number of para-hydroxylation sites is 2. The number of methoxy groups -OCH3 is 1. The largest absolute Gasteiger partial charge is 0.493 e. The Morgan fingerprint density at radius 2 is 2.00 bits per heavy atom. The van der Waals surface area contributed by atoms with E-state index >= 15 is 0 Å². The first kappa shape index (κ1) is 22.8. The highest BCUT2D eigenvalue weighted by Gasteiger charge is 2.21. The van der Waals surface area contributed by atoms with E-state index in [0.29, 0.717) is 6.54 Å². The second kappa shape index (κ2) is 12.2. The van der Waals surface area contributed by atoms with Gasteiger partial charge in [-0.3, -0.25) is 4.99 Å². The number of guanidine groups is 1. The number of ether oxygens (including phenoxy) is 3. The highest BCUT2D eigenvalue weighted by atomic mass is 127. The first-order valence-corrected chi connectivity index (χ1v) is 8.93. The van der Waals surface area contributed by atoms with Gasteiger partial charge in [0.25, 0.3) is 0 Å². The van der Waals surface area contributed by atoms with Crippen LogP contribution in [0.2, 0.25) is 0 Å². The van der Waals surface area contributed by atoms with Crippen molar-refractivity contribution in [2.45, 2.75) is 25.9 Å². The molecule has 1 fully saturated rings. The van der Waals surface area contributed by atoms with Crippen LogP contribution in [0.15, 0.2) is 29.3 Å². The summed E-state index contributed by atoms with van der Waals surface area (Å²) in [5.41, 5.74) is 0. The van der Waals surface area contributed by atoms with Gasteiger partial charge in [-0.15, -0.1) is 24.0 Å². The molecular weight excluding hydrogens is 445 g/mol. The van der Waals surface area contributed by atoms with Crippen LogP contribution in [0.4, 0.5) is 0 Å². The van der Waals surface area contributed by atoms with Crippen molar-refractivity contribution in [2.24, 2.45) is 10.9 Å². The van der Waals surface area contributed by atoms with Gasteiger partial charge in [0.2, 0.25) is 0 Å². The molecule has 1 unspecified atom stereocenters. The van der Waals surface area contributed by atoms with Gasteiger partial charge in [-0.25, -0.2) is 0 Å². The predicted octanol–water partition coefficient (Wildman–Crippen LogP) is 3.01. The third-order valence-corrected chi connectivity index (χ3v) is 4.14. The fourth-order valence-electron chi connectivity index (χ4n) is 2.44. The summed E-state index contributed by atoms with van der Waals surface area (Å²) in [6.45, 7) is 5.10. The molecule has 0 heterocycles. The Hall–Kier alpha value is -1.22. The highest BCUT2D eigenvalue weighted by Crippen LogP contribution is 2.28. The minimum absolute atomic E-state index is 0. The maximum Gasteiger partial charge on any atom is 0.193 e. The molecule has 0 amide bonds. The van der Waals surface area contributed by atoms with Gasteiger partial charge in [0.1, 0.15) is 6.10 Å². The summed E-state index contributed by atoms with van der Waals surface area (Å²) in [6, 6.07) is 7.67. The first-order valence-electron chi connectivity index (χ1n) is 8.93. The molecule has 0 radical (unpaired) electrons. The number of hydrogen-bond donors (Lipinski definition) is 1. The van der Waals surface area contributed by atoms with Crippen LogP contribution < -0.4 is 14.8 Å². The molecule has 7 heteroatoms. The van der Waals surface area contributed by atoms with E-state index in [4.69, 9.17) is 14.2 Å². The van der Waals surface area contributed by atoms with E-state index in [1.54, 1.807) is 14.2 Å². The van der Waals surface area contributed by atoms with Crippen molar-refractivity contribution in [1.29, 1.82) is 0 Å². The molecule has 1 aromatic carbocycles. The molecule has 148 valence electrons. The van der Waals surface area contributed by atoms with Gasteiger partial charge in [0, 0.05) is 27.2 Å². The van der Waals surface area contributed by atoms with E-state index in [2.05, 4.69) is 15.2 Å². The van der Waals surface area contributed by atoms with E-state index in [1.165, 1.54) is 12.8 Å². The molecule has 6 nitrogen and oxygen atoms in total. The molecule has 1 aromatic rings. The van der Waals surface area contributed by atoms with Crippen molar-refractivity contribution < 1.29 is 14.2 Å². The Morgan fingerprint density at radius 1 is 1.31 bits per heavy atom. The normalized spacial score (nSPS) is 15.0. The lowest BCUT2D eigenvalue weighted by atomic mass is 10.3. The summed E-state index contributed by atoms with van der Waals surface area (Å²) in [5, 5.41) is 3.34. The summed E-state index contributed by atoms with van der Waals surface area (Å²) in [5.74, 6) is 3.13. The van der Waals surface area contributed by atoms with Crippen LogP contribution >= 0.6 is 24.0 Å². The van der Waals surface area contributed by atoms with Gasteiger partial charge in [0.05, 0.1) is 20.3 Å². The molecule has 1 aliphatic rings. The van der Waals surface area contributed by atoms with Gasteiger partial charge in [0.15, 0.2) is 17.5 Å². The van der Waals surface area contributed by atoms with Gasteiger partial charge >= 0.3 is 0 Å². The Balaban J connectivity index is 0.00000338. The number of nitrogens with one attached hydrogen (secondary N) is 1. The zero-order valence-electron chi connectivity index (χ0n) is 16.2. The lowest BCUT2D eigenvalue weighted by Gasteiger charge is -2.24. The molecule has 26 heavy (non-hydrogen) atoms. The molecule has 0 bridgehead atoms. The SMILES string of the molecule is CN=C(NCC(C)Oc1ccccc1OC)N(C)CCOCC1CC1.I. The van der Waals surface area contributed by atoms with Crippen LogP contribution in [0, 0.1) is 5.92 Å². The van der Waals surface area contributed by atoms with Gasteiger partial charge < -0.3 is 24.4 Å². The Bertz CT molecular complexity index is 553. The molecule has 1 N–H and O–H groups in total. The van der Waals surface area contributed by atoms with E-state index in [0.717, 1.165) is 43.1 Å². The average molecular weight is 477 g/mol. The zero-order chi connectivity index (χ0) is 18.1. The second-order valence-corrected chi connectivity index (χ2v) is 6.45. The lowest BCUT2D eigenvalue weighted by molar-refractivity contribution is 0.115. The van der Waals surface area contributed by atoms with Gasteiger partial charge in [-0.05, 0) is 37.8 Å². The van der Waals surface area contributed by atoms with Crippen molar-refractivity contribution in [2.75, 3.05) is 47.5 Å². The molecule has 0 saturated heterocycles. The van der Waals surface area contributed by atoms with E-state index in [1.807, 2.05) is 38.2 Å². The number of benzene rings is 1. The monoisotopic (exact) mass is 477 g/mol. The number of aliphatic imine (C=N–C) groups is 1. The smallest absolute Gasteiger partial charge is 0.193 e. The van der Waals surface area contributed by atoms with Gasteiger partial charge in [-0.1, -0.05) is 12.1 Å². The topological polar surface area (TPSA) is 55.3 Å². The fourth-order valence-corrected chi connectivity index (χ4v) is 2.44. The third-order valence-electron chi connectivity index (χ3n) is 4.14. The number of rotatable bonds is 10. The Morgan fingerprint density at radius 3 is 2.62 bits per heavy atom. The van der Waals surface area contributed by atoms with Crippen LogP contribution in [0.5, 0.6) is 11.5 Å². The summed E-state index contributed by atoms with van der Waals surface area (Å²) in [6.07, 6.45) is 2.62. The zero-order valence-corrected chi connectivity index (χ0v) is 18.6. The molecule has 0 aliphatic heterocycles. The van der Waals surface area contributed by atoms with Crippen LogP contribution in [0.1, 0.15) is 19.8 Å². The number of halogens is 1. The lowest BCUT2D eigenvalue weighted by Crippen LogP contribution is -2.44.